The lowest BCUT2D eigenvalue weighted by atomic mass is 10.0. The van der Waals surface area contributed by atoms with Crippen LogP contribution in [0.25, 0.3) is 22.0 Å². The third-order valence-electron chi connectivity index (χ3n) is 3.25. The molecule has 3 aromatic rings. The first-order chi connectivity index (χ1) is 9.60. The Labute approximate surface area is 131 Å². The predicted octanol–water partition coefficient (Wildman–Crippen LogP) is 5.25. The SMILES string of the molecule is NCc1[nH]c2ccc(Cl)cc2c1-c1ccc(Cl)c(Cl)c1. The number of nitrogens with one attached hydrogen (secondary N) is 1. The van der Waals surface area contributed by atoms with Gasteiger partial charge in [-0.05, 0) is 35.9 Å². The molecule has 0 aliphatic rings. The number of aromatic amines is 1. The molecule has 2 aromatic carbocycles. The highest BCUT2D eigenvalue weighted by atomic mass is 35.5. The maximum absolute atomic E-state index is 6.11. The number of hydrogen-bond acceptors (Lipinski definition) is 1. The minimum absolute atomic E-state index is 0.405. The van der Waals surface area contributed by atoms with Gasteiger partial charge in [-0.3, -0.25) is 0 Å². The predicted molar refractivity (Wildman–Crippen MR) is 86.7 cm³/mol. The summed E-state index contributed by atoms with van der Waals surface area (Å²) >= 11 is 18.2. The largest absolute Gasteiger partial charge is 0.357 e. The number of fused-ring (bicyclic) bond motifs is 1. The topological polar surface area (TPSA) is 41.8 Å². The molecule has 0 atom stereocenters. The number of H-pyrrole nitrogens is 1. The van der Waals surface area contributed by atoms with E-state index < -0.39 is 0 Å². The van der Waals surface area contributed by atoms with E-state index >= 15 is 0 Å². The van der Waals surface area contributed by atoms with Crippen molar-refractivity contribution >= 4 is 45.7 Å². The number of nitrogens with two attached hydrogens (primary N) is 1. The molecule has 0 saturated carbocycles. The van der Waals surface area contributed by atoms with Gasteiger partial charge in [0.15, 0.2) is 0 Å². The van der Waals surface area contributed by atoms with E-state index in [1.54, 1.807) is 6.07 Å². The number of aromatic nitrogens is 1. The van der Waals surface area contributed by atoms with Crippen molar-refractivity contribution in [2.24, 2.45) is 5.73 Å². The quantitative estimate of drug-likeness (QED) is 0.663. The first-order valence-corrected chi connectivity index (χ1v) is 7.19. The minimum atomic E-state index is 0.405. The molecule has 3 rings (SSSR count). The normalized spacial score (nSPS) is 11.2. The van der Waals surface area contributed by atoms with Crippen LogP contribution in [0.3, 0.4) is 0 Å². The van der Waals surface area contributed by atoms with Crippen molar-refractivity contribution in [2.45, 2.75) is 6.54 Å². The van der Waals surface area contributed by atoms with Gasteiger partial charge < -0.3 is 10.7 Å². The highest BCUT2D eigenvalue weighted by Gasteiger charge is 2.13. The van der Waals surface area contributed by atoms with Gasteiger partial charge in [0.05, 0.1) is 10.0 Å². The van der Waals surface area contributed by atoms with E-state index in [9.17, 15) is 0 Å². The van der Waals surface area contributed by atoms with Crippen LogP contribution in [-0.4, -0.2) is 4.98 Å². The zero-order valence-electron chi connectivity index (χ0n) is 10.4. The lowest BCUT2D eigenvalue weighted by Crippen LogP contribution is -1.98. The van der Waals surface area contributed by atoms with E-state index in [0.29, 0.717) is 21.6 Å². The van der Waals surface area contributed by atoms with Gasteiger partial charge in [-0.15, -0.1) is 0 Å². The van der Waals surface area contributed by atoms with Crippen LogP contribution in [-0.2, 0) is 6.54 Å². The number of benzene rings is 2. The summed E-state index contributed by atoms with van der Waals surface area (Å²) in [6, 6.07) is 11.3. The molecule has 1 aromatic heterocycles. The van der Waals surface area contributed by atoms with Crippen molar-refractivity contribution < 1.29 is 0 Å². The maximum atomic E-state index is 6.11. The van der Waals surface area contributed by atoms with Crippen molar-refractivity contribution in [3.63, 3.8) is 0 Å². The van der Waals surface area contributed by atoms with Gasteiger partial charge in [-0.25, -0.2) is 0 Å². The third kappa shape index (κ3) is 2.29. The molecule has 0 radical (unpaired) electrons. The number of rotatable bonds is 2. The molecule has 0 amide bonds. The Balaban J connectivity index is 2.32. The third-order valence-corrected chi connectivity index (χ3v) is 4.22. The fraction of sp³-hybridized carbons (Fsp3) is 0.0667. The van der Waals surface area contributed by atoms with Crippen molar-refractivity contribution in [3.8, 4) is 11.1 Å². The van der Waals surface area contributed by atoms with E-state index in [1.165, 1.54) is 0 Å². The smallest absolute Gasteiger partial charge is 0.0598 e. The van der Waals surface area contributed by atoms with Crippen LogP contribution in [0.15, 0.2) is 36.4 Å². The summed E-state index contributed by atoms with van der Waals surface area (Å²) in [7, 11) is 0. The molecule has 0 aliphatic heterocycles. The summed E-state index contributed by atoms with van der Waals surface area (Å²) in [5.74, 6) is 0. The van der Waals surface area contributed by atoms with Crippen molar-refractivity contribution in [1.82, 2.24) is 4.98 Å². The molecule has 5 heteroatoms. The van der Waals surface area contributed by atoms with E-state index in [2.05, 4.69) is 4.98 Å². The summed E-state index contributed by atoms with van der Waals surface area (Å²) in [6.07, 6.45) is 0. The summed E-state index contributed by atoms with van der Waals surface area (Å²) < 4.78 is 0. The average molecular weight is 326 g/mol. The van der Waals surface area contributed by atoms with E-state index in [1.807, 2.05) is 30.3 Å². The Morgan fingerprint density at radius 3 is 2.45 bits per heavy atom. The van der Waals surface area contributed by atoms with Crippen LogP contribution >= 0.6 is 34.8 Å². The van der Waals surface area contributed by atoms with Crippen molar-refractivity contribution in [2.75, 3.05) is 0 Å². The van der Waals surface area contributed by atoms with E-state index in [4.69, 9.17) is 40.5 Å². The summed E-state index contributed by atoms with van der Waals surface area (Å²) in [5.41, 5.74) is 9.76. The van der Waals surface area contributed by atoms with Crippen LogP contribution in [0.4, 0.5) is 0 Å². The number of halogens is 3. The van der Waals surface area contributed by atoms with Gasteiger partial charge in [0, 0.05) is 33.7 Å². The summed E-state index contributed by atoms with van der Waals surface area (Å²) in [4.78, 5) is 3.31. The summed E-state index contributed by atoms with van der Waals surface area (Å²) in [6.45, 7) is 0.405. The first kappa shape index (κ1) is 13.8. The highest BCUT2D eigenvalue weighted by Crippen LogP contribution is 2.36. The van der Waals surface area contributed by atoms with Gasteiger partial charge in [-0.1, -0.05) is 40.9 Å². The van der Waals surface area contributed by atoms with Crippen LogP contribution in [0, 0.1) is 0 Å². The lowest BCUT2D eigenvalue weighted by Gasteiger charge is -2.05. The molecule has 0 saturated heterocycles. The van der Waals surface area contributed by atoms with Gasteiger partial charge >= 0.3 is 0 Å². The standard InChI is InChI=1S/C15H11Cl3N2/c16-9-2-4-13-10(6-9)15(14(7-19)20-13)8-1-3-11(17)12(18)5-8/h1-6,20H,7,19H2. The fourth-order valence-electron chi connectivity index (χ4n) is 2.35. The van der Waals surface area contributed by atoms with Gasteiger partial charge in [0.25, 0.3) is 0 Å². The molecule has 2 nitrogen and oxygen atoms in total. The second kappa shape index (κ2) is 5.30. The van der Waals surface area contributed by atoms with Crippen LogP contribution in [0.5, 0.6) is 0 Å². The lowest BCUT2D eigenvalue weighted by molar-refractivity contribution is 1.02. The first-order valence-electron chi connectivity index (χ1n) is 6.05. The second-order valence-corrected chi connectivity index (χ2v) is 5.75. The molecular weight excluding hydrogens is 315 g/mol. The van der Waals surface area contributed by atoms with Gasteiger partial charge in [0.2, 0.25) is 0 Å². The maximum Gasteiger partial charge on any atom is 0.0598 e. The fourth-order valence-corrected chi connectivity index (χ4v) is 2.82. The Hall–Kier alpha value is -1.19. The average Bonchev–Trinajstić information content (AvgIpc) is 2.79. The monoisotopic (exact) mass is 324 g/mol. The van der Waals surface area contributed by atoms with E-state index in [-0.39, 0.29) is 0 Å². The molecule has 20 heavy (non-hydrogen) atoms. The van der Waals surface area contributed by atoms with Gasteiger partial charge in [0.1, 0.15) is 0 Å². The summed E-state index contributed by atoms with van der Waals surface area (Å²) in [5, 5.41) is 2.75. The molecule has 0 bridgehead atoms. The van der Waals surface area contributed by atoms with Crippen molar-refractivity contribution in [1.29, 1.82) is 0 Å². The molecular formula is C15H11Cl3N2. The zero-order chi connectivity index (χ0) is 14.3. The number of hydrogen-bond donors (Lipinski definition) is 2. The molecule has 0 fully saturated rings. The second-order valence-electron chi connectivity index (χ2n) is 4.50. The Morgan fingerprint density at radius 1 is 0.950 bits per heavy atom. The zero-order valence-corrected chi connectivity index (χ0v) is 12.7. The van der Waals surface area contributed by atoms with Crippen molar-refractivity contribution in [3.05, 3.63) is 57.2 Å². The van der Waals surface area contributed by atoms with Gasteiger partial charge in [-0.2, -0.15) is 0 Å². The van der Waals surface area contributed by atoms with Crippen LogP contribution in [0.2, 0.25) is 15.1 Å². The molecule has 3 N–H and O–H groups in total. The molecule has 0 spiro atoms. The molecule has 102 valence electrons. The van der Waals surface area contributed by atoms with Crippen LogP contribution in [0.1, 0.15) is 5.69 Å². The Bertz CT molecular complexity index is 793. The molecule has 1 heterocycles. The molecule has 0 unspecified atom stereocenters. The van der Waals surface area contributed by atoms with E-state index in [0.717, 1.165) is 27.7 Å². The minimum Gasteiger partial charge on any atom is -0.357 e. The Morgan fingerprint density at radius 2 is 1.75 bits per heavy atom. The van der Waals surface area contributed by atoms with Crippen LogP contribution < -0.4 is 5.73 Å². The molecule has 0 aliphatic carbocycles. The Kier molecular flexibility index (Phi) is 3.65. The highest BCUT2D eigenvalue weighted by molar-refractivity contribution is 6.42.